The predicted molar refractivity (Wildman–Crippen MR) is 81.7 cm³/mol. The highest BCUT2D eigenvalue weighted by atomic mass is 19.4. The second kappa shape index (κ2) is 6.57. The third-order valence-corrected chi connectivity index (χ3v) is 3.54. The first kappa shape index (κ1) is 18.5. The van der Waals surface area contributed by atoms with Crippen LogP contribution < -0.4 is 11.1 Å². The fourth-order valence-electron chi connectivity index (χ4n) is 2.22. The van der Waals surface area contributed by atoms with Crippen molar-refractivity contribution in [2.75, 3.05) is 5.32 Å². The number of alkyl halides is 3. The van der Waals surface area contributed by atoms with Crippen LogP contribution >= 0.6 is 0 Å². The number of aromatic nitrogens is 4. The lowest BCUT2D eigenvalue weighted by molar-refractivity contribution is -0.141. The Hall–Kier alpha value is -2.85. The minimum absolute atomic E-state index is 0.0899. The van der Waals surface area contributed by atoms with Gasteiger partial charge < -0.3 is 11.1 Å². The van der Waals surface area contributed by atoms with Gasteiger partial charge in [-0.2, -0.15) is 23.4 Å². The number of halogens is 3. The maximum atomic E-state index is 12.7. The zero-order valence-electron chi connectivity index (χ0n) is 13.8. The van der Waals surface area contributed by atoms with Crippen molar-refractivity contribution < 1.29 is 22.8 Å². The maximum Gasteiger partial charge on any atom is 0.435 e. The van der Waals surface area contributed by atoms with E-state index in [1.165, 1.54) is 24.7 Å². The molecule has 2 heterocycles. The summed E-state index contributed by atoms with van der Waals surface area (Å²) in [6.45, 7) is 5.02. The first-order valence-electron chi connectivity index (χ1n) is 7.36. The van der Waals surface area contributed by atoms with E-state index in [1.54, 1.807) is 6.92 Å². The van der Waals surface area contributed by atoms with Crippen molar-refractivity contribution >= 4 is 17.5 Å². The van der Waals surface area contributed by atoms with Crippen LogP contribution in [0.3, 0.4) is 0 Å². The van der Waals surface area contributed by atoms with Crippen LogP contribution in [0.5, 0.6) is 0 Å². The van der Waals surface area contributed by atoms with E-state index >= 15 is 0 Å². The molecule has 0 aliphatic rings. The number of anilines is 1. The van der Waals surface area contributed by atoms with Crippen LogP contribution in [0.25, 0.3) is 0 Å². The molecule has 0 aliphatic heterocycles. The third-order valence-electron chi connectivity index (χ3n) is 3.54. The number of carbonyl (C=O) groups excluding carboxylic acids is 2. The molecule has 2 aromatic heterocycles. The lowest BCUT2D eigenvalue weighted by atomic mass is 10.2. The summed E-state index contributed by atoms with van der Waals surface area (Å²) in [7, 11) is 0. The van der Waals surface area contributed by atoms with Gasteiger partial charge in [-0.15, -0.1) is 0 Å². The smallest absolute Gasteiger partial charge is 0.364 e. The lowest BCUT2D eigenvalue weighted by Crippen LogP contribution is -2.26. The molecule has 0 aliphatic carbocycles. The molecular formula is C14H17F3N6O2. The van der Waals surface area contributed by atoms with E-state index in [0.717, 1.165) is 10.7 Å². The van der Waals surface area contributed by atoms with Gasteiger partial charge in [-0.3, -0.25) is 19.0 Å². The van der Waals surface area contributed by atoms with Crippen molar-refractivity contribution in [3.05, 3.63) is 29.3 Å². The summed E-state index contributed by atoms with van der Waals surface area (Å²) in [5.74, 6) is -1.48. The maximum absolute atomic E-state index is 12.7. The summed E-state index contributed by atoms with van der Waals surface area (Å²) < 4.78 is 40.6. The number of primary amides is 1. The number of nitrogens with two attached hydrogens (primary N) is 1. The Kier molecular flexibility index (Phi) is 4.86. The molecule has 0 spiro atoms. The average Bonchev–Trinajstić information content (AvgIpc) is 3.09. The molecule has 2 aromatic rings. The van der Waals surface area contributed by atoms with E-state index < -0.39 is 29.7 Å². The normalized spacial score (nSPS) is 12.9. The van der Waals surface area contributed by atoms with Gasteiger partial charge in [0, 0.05) is 18.4 Å². The fraction of sp³-hybridized carbons (Fsp3) is 0.429. The molecule has 136 valence electrons. The molecule has 0 saturated heterocycles. The Morgan fingerprint density at radius 1 is 1.36 bits per heavy atom. The number of hydrogen-bond acceptors (Lipinski definition) is 4. The number of amides is 2. The van der Waals surface area contributed by atoms with Crippen molar-refractivity contribution in [3.63, 3.8) is 0 Å². The molecule has 25 heavy (non-hydrogen) atoms. The zero-order valence-corrected chi connectivity index (χ0v) is 13.8. The van der Waals surface area contributed by atoms with Crippen LogP contribution in [0.4, 0.5) is 18.9 Å². The molecule has 11 heteroatoms. The summed E-state index contributed by atoms with van der Waals surface area (Å²) in [5.41, 5.74) is 4.27. The fourth-order valence-corrected chi connectivity index (χ4v) is 2.22. The standard InChI is InChI=1S/C14H17F3N6O2/c1-4-22-6-9(11(21-22)12(18)24)19-13(25)8(3)23-7(2)5-10(20-23)14(15,16)17/h5-6,8H,4H2,1-3H3,(H2,18,24)(H,19,25)/t8-/m1/s1. The van der Waals surface area contributed by atoms with E-state index in [2.05, 4.69) is 15.5 Å². The molecule has 3 N–H and O–H groups in total. The highest BCUT2D eigenvalue weighted by molar-refractivity contribution is 6.02. The van der Waals surface area contributed by atoms with Gasteiger partial charge in [-0.1, -0.05) is 0 Å². The Morgan fingerprint density at radius 3 is 2.48 bits per heavy atom. The summed E-state index contributed by atoms with van der Waals surface area (Å²) in [6, 6.07) is -0.185. The van der Waals surface area contributed by atoms with Crippen molar-refractivity contribution in [3.8, 4) is 0 Å². The summed E-state index contributed by atoms with van der Waals surface area (Å²) in [5, 5.41) is 9.82. The quantitative estimate of drug-likeness (QED) is 0.848. The molecule has 2 rings (SSSR count). The van der Waals surface area contributed by atoms with Gasteiger partial charge in [0.25, 0.3) is 5.91 Å². The number of hydrogen-bond donors (Lipinski definition) is 2. The van der Waals surface area contributed by atoms with Crippen molar-refractivity contribution in [1.82, 2.24) is 19.6 Å². The van der Waals surface area contributed by atoms with Crippen LogP contribution in [-0.4, -0.2) is 31.4 Å². The Bertz CT molecular complexity index is 808. The molecule has 0 unspecified atom stereocenters. The van der Waals surface area contributed by atoms with Crippen LogP contribution in [0.15, 0.2) is 12.3 Å². The van der Waals surface area contributed by atoms with E-state index in [9.17, 15) is 22.8 Å². The van der Waals surface area contributed by atoms with Crippen LogP contribution in [0, 0.1) is 6.92 Å². The van der Waals surface area contributed by atoms with Crippen LogP contribution in [0.2, 0.25) is 0 Å². The van der Waals surface area contributed by atoms with Crippen molar-refractivity contribution in [1.29, 1.82) is 0 Å². The minimum atomic E-state index is -4.60. The topological polar surface area (TPSA) is 108 Å². The average molecular weight is 358 g/mol. The van der Waals surface area contributed by atoms with Crippen LogP contribution in [0.1, 0.15) is 41.8 Å². The number of rotatable bonds is 5. The molecule has 0 bridgehead atoms. The molecule has 0 aromatic carbocycles. The van der Waals surface area contributed by atoms with E-state index in [-0.39, 0.29) is 17.1 Å². The number of nitrogens with one attached hydrogen (secondary N) is 1. The second-order valence-electron chi connectivity index (χ2n) is 5.39. The van der Waals surface area contributed by atoms with E-state index in [0.29, 0.717) is 6.54 Å². The van der Waals surface area contributed by atoms with Crippen LogP contribution in [-0.2, 0) is 17.5 Å². The lowest BCUT2D eigenvalue weighted by Gasteiger charge is -2.14. The first-order chi connectivity index (χ1) is 11.5. The largest absolute Gasteiger partial charge is 0.435 e. The molecule has 0 fully saturated rings. The molecule has 2 amide bonds. The third kappa shape index (κ3) is 3.80. The summed E-state index contributed by atoms with van der Waals surface area (Å²) >= 11 is 0. The van der Waals surface area contributed by atoms with Gasteiger partial charge in [0.15, 0.2) is 11.4 Å². The molecule has 8 nitrogen and oxygen atoms in total. The molecule has 0 saturated carbocycles. The van der Waals surface area contributed by atoms with Crippen molar-refractivity contribution in [2.45, 2.75) is 39.5 Å². The summed E-state index contributed by atoms with van der Waals surface area (Å²) in [4.78, 5) is 23.7. The monoisotopic (exact) mass is 358 g/mol. The highest BCUT2D eigenvalue weighted by Crippen LogP contribution is 2.29. The van der Waals surface area contributed by atoms with Gasteiger partial charge in [0.2, 0.25) is 5.91 Å². The minimum Gasteiger partial charge on any atom is -0.364 e. The molecule has 0 radical (unpaired) electrons. The second-order valence-corrected chi connectivity index (χ2v) is 5.39. The SMILES string of the molecule is CCn1cc(NC(=O)[C@@H](C)n2nc(C(F)(F)F)cc2C)c(C(N)=O)n1. The molecule has 1 atom stereocenters. The Balaban J connectivity index is 2.26. The Labute approximate surface area is 140 Å². The van der Waals surface area contributed by atoms with E-state index in [4.69, 9.17) is 5.73 Å². The summed E-state index contributed by atoms with van der Waals surface area (Å²) in [6.07, 6.45) is -3.19. The van der Waals surface area contributed by atoms with Gasteiger partial charge in [-0.25, -0.2) is 0 Å². The van der Waals surface area contributed by atoms with Gasteiger partial charge in [0.1, 0.15) is 6.04 Å². The van der Waals surface area contributed by atoms with Crippen molar-refractivity contribution in [2.24, 2.45) is 5.73 Å². The highest BCUT2D eigenvalue weighted by Gasteiger charge is 2.35. The van der Waals surface area contributed by atoms with Gasteiger partial charge >= 0.3 is 6.18 Å². The number of aryl methyl sites for hydroxylation is 2. The zero-order chi connectivity index (χ0) is 18.9. The number of nitrogens with zero attached hydrogens (tertiary/aromatic N) is 4. The Morgan fingerprint density at radius 2 is 2.00 bits per heavy atom. The van der Waals surface area contributed by atoms with Gasteiger partial charge in [-0.05, 0) is 26.8 Å². The van der Waals surface area contributed by atoms with E-state index in [1.807, 2.05) is 0 Å². The van der Waals surface area contributed by atoms with Gasteiger partial charge in [0.05, 0.1) is 5.69 Å². The first-order valence-corrected chi connectivity index (χ1v) is 7.36. The predicted octanol–water partition coefficient (Wildman–Crippen LogP) is 1.73. The molecular weight excluding hydrogens is 341 g/mol. The number of carbonyl (C=O) groups is 2.